The number of thioether (sulfide) groups is 1. The van der Waals surface area contributed by atoms with E-state index in [1.807, 2.05) is 30.3 Å². The average Bonchev–Trinajstić information content (AvgIpc) is 3.29. The monoisotopic (exact) mass is 412 g/mol. The molecule has 4 aromatic rings. The Labute approximate surface area is 169 Å². The van der Waals surface area contributed by atoms with Crippen LogP contribution in [0.4, 0.5) is 0 Å². The van der Waals surface area contributed by atoms with E-state index < -0.39 is 0 Å². The fourth-order valence-electron chi connectivity index (χ4n) is 3.14. The van der Waals surface area contributed by atoms with Gasteiger partial charge in [0.1, 0.15) is 0 Å². The minimum Gasteiger partial charge on any atom is -0.335 e. The smallest absolute Gasteiger partial charge is 0.332 e. The highest BCUT2D eigenvalue weighted by molar-refractivity contribution is 7.99. The normalized spacial score (nSPS) is 11.4. The highest BCUT2D eigenvalue weighted by atomic mass is 32.2. The van der Waals surface area contributed by atoms with E-state index in [9.17, 15) is 9.59 Å². The number of aryl methyl sites for hydroxylation is 2. The van der Waals surface area contributed by atoms with Crippen LogP contribution in [0.5, 0.6) is 0 Å². The molecule has 4 rings (SSSR count). The second-order valence-electron chi connectivity index (χ2n) is 6.57. The third-order valence-corrected chi connectivity index (χ3v) is 5.68. The predicted octanol–water partition coefficient (Wildman–Crippen LogP) is 0.588. The van der Waals surface area contributed by atoms with E-state index in [2.05, 4.69) is 15.2 Å². The number of imidazole rings is 1. The molecule has 0 aliphatic carbocycles. The summed E-state index contributed by atoms with van der Waals surface area (Å²) in [6, 6.07) is 9.57. The Morgan fingerprint density at radius 2 is 1.86 bits per heavy atom. The van der Waals surface area contributed by atoms with Crippen molar-refractivity contribution in [2.24, 2.45) is 14.1 Å². The number of aromatic nitrogens is 7. The van der Waals surface area contributed by atoms with Gasteiger partial charge >= 0.3 is 5.69 Å². The maximum Gasteiger partial charge on any atom is 0.332 e. The van der Waals surface area contributed by atoms with Crippen LogP contribution in [0.3, 0.4) is 0 Å². The molecule has 3 aromatic heterocycles. The molecule has 0 atom stereocenters. The molecule has 2 N–H and O–H groups in total. The first kappa shape index (κ1) is 19.0. The van der Waals surface area contributed by atoms with Crippen LogP contribution in [0.15, 0.2) is 51.4 Å². The van der Waals surface area contributed by atoms with Crippen LogP contribution < -0.4 is 17.1 Å². The summed E-state index contributed by atoms with van der Waals surface area (Å²) < 4.78 is 5.72. The van der Waals surface area contributed by atoms with E-state index in [-0.39, 0.29) is 11.2 Å². The largest absolute Gasteiger partial charge is 0.335 e. The lowest BCUT2D eigenvalue weighted by Crippen LogP contribution is -2.39. The van der Waals surface area contributed by atoms with Gasteiger partial charge in [-0.25, -0.2) is 14.5 Å². The van der Waals surface area contributed by atoms with Crippen LogP contribution in [0, 0.1) is 0 Å². The lowest BCUT2D eigenvalue weighted by atomic mass is 10.2. The van der Waals surface area contributed by atoms with E-state index in [0.717, 1.165) is 5.56 Å². The third-order valence-electron chi connectivity index (χ3n) is 4.65. The van der Waals surface area contributed by atoms with Gasteiger partial charge in [0.15, 0.2) is 17.0 Å². The Hall–Kier alpha value is -3.34. The molecule has 0 amide bonds. The molecule has 29 heavy (non-hydrogen) atoms. The minimum absolute atomic E-state index is 0.296. The molecule has 0 fully saturated rings. The quantitative estimate of drug-likeness (QED) is 0.280. The first-order valence-corrected chi connectivity index (χ1v) is 9.97. The van der Waals surface area contributed by atoms with Gasteiger partial charge in [-0.15, -0.1) is 10.2 Å². The van der Waals surface area contributed by atoms with Gasteiger partial charge < -0.3 is 10.4 Å². The van der Waals surface area contributed by atoms with Gasteiger partial charge in [0.25, 0.3) is 5.56 Å². The highest BCUT2D eigenvalue weighted by Crippen LogP contribution is 2.21. The van der Waals surface area contributed by atoms with Gasteiger partial charge in [-0.2, -0.15) is 0 Å². The molecule has 0 aliphatic heterocycles. The fraction of sp³-hybridized carbons (Fsp3) is 0.278. The molecule has 11 heteroatoms. The molecule has 3 heterocycles. The summed E-state index contributed by atoms with van der Waals surface area (Å²) in [6.07, 6.45) is 2.13. The topological polar surface area (TPSA) is 119 Å². The zero-order valence-electron chi connectivity index (χ0n) is 16.0. The summed E-state index contributed by atoms with van der Waals surface area (Å²) in [5.41, 5.74) is 0.974. The van der Waals surface area contributed by atoms with Crippen molar-refractivity contribution in [2.45, 2.75) is 18.1 Å². The van der Waals surface area contributed by atoms with Crippen LogP contribution in [-0.4, -0.2) is 39.3 Å². The number of benzene rings is 1. The van der Waals surface area contributed by atoms with Crippen molar-refractivity contribution in [1.29, 1.82) is 0 Å². The highest BCUT2D eigenvalue weighted by Gasteiger charge is 2.15. The first-order chi connectivity index (χ1) is 14.0. The van der Waals surface area contributed by atoms with Crippen molar-refractivity contribution in [1.82, 2.24) is 33.6 Å². The Morgan fingerprint density at radius 3 is 2.62 bits per heavy atom. The van der Waals surface area contributed by atoms with E-state index in [0.29, 0.717) is 40.9 Å². The zero-order chi connectivity index (χ0) is 20.5. The summed E-state index contributed by atoms with van der Waals surface area (Å²) >= 11 is 1.43. The number of nitrogens with zero attached hydrogens (tertiary/aromatic N) is 7. The Balaban J connectivity index is 1.47. The number of hydrogen-bond acceptors (Lipinski definition) is 7. The number of rotatable bonds is 6. The lowest BCUT2D eigenvalue weighted by Gasteiger charge is -2.08. The van der Waals surface area contributed by atoms with Crippen LogP contribution in [0.1, 0.15) is 6.42 Å². The van der Waals surface area contributed by atoms with Crippen molar-refractivity contribution in [3.05, 3.63) is 57.5 Å². The molecule has 0 aliphatic rings. The van der Waals surface area contributed by atoms with Gasteiger partial charge in [0, 0.05) is 32.0 Å². The maximum absolute atomic E-state index is 12.7. The van der Waals surface area contributed by atoms with Crippen LogP contribution in [0.2, 0.25) is 0 Å². The lowest BCUT2D eigenvalue weighted by molar-refractivity contribution is 0.594. The summed E-state index contributed by atoms with van der Waals surface area (Å²) in [5.74, 6) is 7.33. The van der Waals surface area contributed by atoms with Crippen molar-refractivity contribution < 1.29 is 0 Å². The Bertz CT molecular complexity index is 1290. The van der Waals surface area contributed by atoms with Crippen molar-refractivity contribution >= 4 is 22.9 Å². The van der Waals surface area contributed by atoms with E-state index >= 15 is 0 Å². The molecule has 0 bridgehead atoms. The van der Waals surface area contributed by atoms with Crippen LogP contribution >= 0.6 is 11.8 Å². The first-order valence-electron chi connectivity index (χ1n) is 8.98. The Morgan fingerprint density at radius 1 is 1.10 bits per heavy atom. The molecular formula is C18H20N8O2S. The molecule has 10 nitrogen and oxygen atoms in total. The molecule has 0 radical (unpaired) electrons. The molecule has 0 unspecified atom stereocenters. The van der Waals surface area contributed by atoms with Crippen molar-refractivity contribution in [3.8, 4) is 11.4 Å². The number of nitrogen functional groups attached to an aromatic ring is 1. The number of hydrogen-bond donors (Lipinski definition) is 1. The fourth-order valence-corrected chi connectivity index (χ4v) is 3.92. The predicted molar refractivity (Wildman–Crippen MR) is 111 cm³/mol. The van der Waals surface area contributed by atoms with Crippen molar-refractivity contribution in [2.75, 3.05) is 11.6 Å². The molecule has 1 aromatic carbocycles. The molecule has 0 spiro atoms. The molecule has 0 saturated carbocycles. The Kier molecular flexibility index (Phi) is 4.97. The molecule has 150 valence electrons. The maximum atomic E-state index is 12.7. The van der Waals surface area contributed by atoms with Crippen molar-refractivity contribution in [3.63, 3.8) is 0 Å². The molecule has 0 saturated heterocycles. The summed E-state index contributed by atoms with van der Waals surface area (Å²) in [7, 11) is 3.35. The van der Waals surface area contributed by atoms with Gasteiger partial charge in [-0.05, 0) is 6.42 Å². The van der Waals surface area contributed by atoms with Gasteiger partial charge in [0.2, 0.25) is 5.16 Å². The summed E-state index contributed by atoms with van der Waals surface area (Å²) in [6.45, 7) is 0.296. The minimum atomic E-state index is -0.375. The van der Waals surface area contributed by atoms with Gasteiger partial charge in [-0.1, -0.05) is 42.1 Å². The van der Waals surface area contributed by atoms with Crippen LogP contribution in [-0.2, 0) is 20.6 Å². The van der Waals surface area contributed by atoms with E-state index in [1.165, 1.54) is 31.9 Å². The van der Waals surface area contributed by atoms with Crippen LogP contribution in [0.25, 0.3) is 22.6 Å². The second-order valence-corrected chi connectivity index (χ2v) is 7.63. The van der Waals surface area contributed by atoms with E-state index in [4.69, 9.17) is 5.84 Å². The molecular weight excluding hydrogens is 392 g/mol. The number of fused-ring (bicyclic) bond motifs is 1. The van der Waals surface area contributed by atoms with Gasteiger partial charge in [0.05, 0.1) is 6.33 Å². The van der Waals surface area contributed by atoms with Gasteiger partial charge in [-0.3, -0.25) is 13.9 Å². The zero-order valence-corrected chi connectivity index (χ0v) is 16.8. The second kappa shape index (κ2) is 7.59. The third kappa shape index (κ3) is 3.33. The standard InChI is InChI=1S/C18H20N8O2S/c1-23-11-20-15-13(23)16(27)25(18(28)24(15)2)9-6-10-29-17-22-21-14(26(17)19)12-7-4-3-5-8-12/h3-5,7-8,11H,6,9-10,19H2,1-2H3. The van der Waals surface area contributed by atoms with E-state index in [1.54, 1.807) is 18.7 Å². The summed E-state index contributed by atoms with van der Waals surface area (Å²) in [5, 5.41) is 8.86. The SMILES string of the molecule is Cn1cnc2c1c(=O)n(CCCSc1nnc(-c3ccccc3)n1N)c(=O)n2C. The average molecular weight is 412 g/mol. The summed E-state index contributed by atoms with van der Waals surface area (Å²) in [4.78, 5) is 29.3. The number of nitrogens with two attached hydrogens (primary N) is 1.